The summed E-state index contributed by atoms with van der Waals surface area (Å²) in [4.78, 5) is 11.2. The molecule has 9 heteroatoms. The van der Waals surface area contributed by atoms with E-state index in [1.54, 1.807) is 0 Å². The van der Waals surface area contributed by atoms with Crippen molar-refractivity contribution in [3.63, 3.8) is 0 Å². The minimum Gasteiger partial charge on any atom is -0.459 e. The van der Waals surface area contributed by atoms with E-state index in [4.69, 9.17) is 0 Å². The van der Waals surface area contributed by atoms with Crippen LogP contribution in [0.5, 0.6) is 0 Å². The highest BCUT2D eigenvalue weighted by molar-refractivity contribution is 9.09. The van der Waals surface area contributed by atoms with Gasteiger partial charge in [0.2, 0.25) is 0 Å². The van der Waals surface area contributed by atoms with Crippen molar-refractivity contribution in [2.75, 3.05) is 11.9 Å². The Morgan fingerprint density at radius 2 is 1.33 bits per heavy atom. The highest BCUT2D eigenvalue weighted by atomic mass is 79.9. The van der Waals surface area contributed by atoms with Crippen molar-refractivity contribution in [2.24, 2.45) is 0 Å². The van der Waals surface area contributed by atoms with Gasteiger partial charge in [-0.3, -0.25) is 4.79 Å². The first-order chi connectivity index (χ1) is 11.1. The molecule has 0 aliphatic carbocycles. The molecule has 0 N–H and O–H groups in total. The second-order valence-corrected chi connectivity index (χ2v) is 6.39. The van der Waals surface area contributed by atoms with Gasteiger partial charge in [-0.15, -0.1) is 0 Å². The molecule has 0 aromatic carbocycles. The molecule has 0 heterocycles. The number of unbranched alkanes of at least 4 members (excludes halogenated alkanes) is 7. The molecular formula is C15H23BrF6O2. The lowest BCUT2D eigenvalue weighted by molar-refractivity contribution is -0.254. The molecule has 144 valence electrons. The van der Waals surface area contributed by atoms with Gasteiger partial charge in [0.05, 0.1) is 0 Å². The Hall–Kier alpha value is -0.470. The Kier molecular flexibility index (Phi) is 11.7. The van der Waals surface area contributed by atoms with Gasteiger partial charge < -0.3 is 4.74 Å². The van der Waals surface area contributed by atoms with E-state index >= 15 is 0 Å². The number of halogens is 7. The van der Waals surface area contributed by atoms with Crippen LogP contribution >= 0.6 is 15.9 Å². The molecule has 1 unspecified atom stereocenters. The Morgan fingerprint density at radius 1 is 0.875 bits per heavy atom. The molecule has 0 radical (unpaired) electrons. The normalized spacial score (nSPS) is 13.8. The molecule has 0 rings (SSSR count). The van der Waals surface area contributed by atoms with Crippen molar-refractivity contribution < 1.29 is 35.9 Å². The fourth-order valence-corrected chi connectivity index (χ4v) is 2.38. The largest absolute Gasteiger partial charge is 0.459 e. The summed E-state index contributed by atoms with van der Waals surface area (Å²) in [6, 6.07) is 0. The third-order valence-electron chi connectivity index (χ3n) is 3.35. The molecule has 0 amide bonds. The average Bonchev–Trinajstić information content (AvgIpc) is 2.49. The minimum atomic E-state index is -5.69. The van der Waals surface area contributed by atoms with E-state index in [0.717, 1.165) is 43.9 Å². The lowest BCUT2D eigenvalue weighted by atomic mass is 10.1. The van der Waals surface area contributed by atoms with E-state index in [1.807, 2.05) is 0 Å². The number of carbonyl (C=O) groups is 1. The van der Waals surface area contributed by atoms with Crippen LogP contribution in [0, 0.1) is 0 Å². The van der Waals surface area contributed by atoms with Gasteiger partial charge >= 0.3 is 18.1 Å². The highest BCUT2D eigenvalue weighted by Crippen LogP contribution is 2.35. The van der Waals surface area contributed by atoms with Crippen LogP contribution in [0.2, 0.25) is 0 Å². The van der Waals surface area contributed by atoms with E-state index in [1.165, 1.54) is 0 Å². The monoisotopic (exact) mass is 428 g/mol. The van der Waals surface area contributed by atoms with E-state index < -0.39 is 30.8 Å². The third kappa shape index (κ3) is 11.1. The number of carbonyl (C=O) groups excluding carboxylic acids is 1. The molecule has 24 heavy (non-hydrogen) atoms. The van der Waals surface area contributed by atoms with Gasteiger partial charge in [-0.1, -0.05) is 54.5 Å². The SMILES string of the molecule is O=C(CCCCCCCCCCBr)OCC(F)(F)C(F)C(F)(F)F. The maximum atomic E-state index is 12.9. The van der Waals surface area contributed by atoms with Crippen LogP contribution in [0.4, 0.5) is 26.3 Å². The topological polar surface area (TPSA) is 26.3 Å². The number of hydrogen-bond acceptors (Lipinski definition) is 2. The summed E-state index contributed by atoms with van der Waals surface area (Å²) in [6.07, 6.45) is -2.70. The van der Waals surface area contributed by atoms with Crippen LogP contribution < -0.4 is 0 Å². The molecule has 0 aromatic heterocycles. The second-order valence-electron chi connectivity index (χ2n) is 5.59. The molecule has 0 spiro atoms. The molecule has 0 saturated heterocycles. The van der Waals surface area contributed by atoms with Crippen molar-refractivity contribution in [3.8, 4) is 0 Å². The van der Waals surface area contributed by atoms with Crippen molar-refractivity contribution in [1.82, 2.24) is 0 Å². The Morgan fingerprint density at radius 3 is 1.79 bits per heavy atom. The summed E-state index contributed by atoms with van der Waals surface area (Å²) in [5.74, 6) is -5.82. The van der Waals surface area contributed by atoms with Crippen LogP contribution in [0.25, 0.3) is 0 Å². The maximum Gasteiger partial charge on any atom is 0.425 e. The summed E-state index contributed by atoms with van der Waals surface area (Å²) in [5.41, 5.74) is 0. The number of ether oxygens (including phenoxy) is 1. The van der Waals surface area contributed by atoms with Crippen LogP contribution in [-0.2, 0) is 9.53 Å². The summed E-state index contributed by atoms with van der Waals surface area (Å²) >= 11 is 3.34. The molecule has 2 nitrogen and oxygen atoms in total. The summed E-state index contributed by atoms with van der Waals surface area (Å²) in [6.45, 7) is -1.90. The molecule has 0 aliphatic rings. The van der Waals surface area contributed by atoms with Gasteiger partial charge in [-0.25, -0.2) is 4.39 Å². The maximum absolute atomic E-state index is 12.9. The summed E-state index contributed by atoms with van der Waals surface area (Å²) in [5, 5.41) is 0.986. The van der Waals surface area contributed by atoms with Gasteiger partial charge in [0.25, 0.3) is 6.17 Å². The number of hydrogen-bond donors (Lipinski definition) is 0. The van der Waals surface area contributed by atoms with Crippen LogP contribution in [-0.4, -0.2) is 36.2 Å². The molecule has 0 saturated carbocycles. The zero-order valence-electron chi connectivity index (χ0n) is 13.3. The number of alkyl halides is 7. The summed E-state index contributed by atoms with van der Waals surface area (Å²) in [7, 11) is 0. The Bertz CT molecular complexity index is 349. The predicted molar refractivity (Wildman–Crippen MR) is 82.2 cm³/mol. The smallest absolute Gasteiger partial charge is 0.425 e. The van der Waals surface area contributed by atoms with Crippen LogP contribution in [0.3, 0.4) is 0 Å². The lowest BCUT2D eigenvalue weighted by Crippen LogP contribution is -2.45. The number of esters is 1. The molecule has 0 aromatic rings. The first kappa shape index (κ1) is 23.5. The van der Waals surface area contributed by atoms with Crippen molar-refractivity contribution >= 4 is 21.9 Å². The summed E-state index contributed by atoms with van der Waals surface area (Å²) < 4.78 is 78.1. The van der Waals surface area contributed by atoms with Crippen molar-refractivity contribution in [1.29, 1.82) is 0 Å². The van der Waals surface area contributed by atoms with Gasteiger partial charge in [0.15, 0.2) is 6.61 Å². The molecule has 0 bridgehead atoms. The van der Waals surface area contributed by atoms with Crippen LogP contribution in [0.1, 0.15) is 57.8 Å². The highest BCUT2D eigenvalue weighted by Gasteiger charge is 2.57. The minimum absolute atomic E-state index is 0.164. The van der Waals surface area contributed by atoms with E-state index in [0.29, 0.717) is 12.8 Å². The predicted octanol–water partition coefficient (Wildman–Crippen LogP) is 5.97. The zero-order valence-corrected chi connectivity index (χ0v) is 14.9. The molecule has 0 fully saturated rings. The molecular weight excluding hydrogens is 406 g/mol. The fourth-order valence-electron chi connectivity index (χ4n) is 1.99. The van der Waals surface area contributed by atoms with Gasteiger partial charge in [-0.2, -0.15) is 22.0 Å². The first-order valence-corrected chi connectivity index (χ1v) is 9.03. The quantitative estimate of drug-likeness (QED) is 0.156. The number of rotatable bonds is 13. The van der Waals surface area contributed by atoms with Crippen LogP contribution in [0.15, 0.2) is 0 Å². The van der Waals surface area contributed by atoms with Crippen molar-refractivity contribution in [2.45, 2.75) is 76.1 Å². The molecule has 1 atom stereocenters. The lowest BCUT2D eigenvalue weighted by Gasteiger charge is -2.22. The van der Waals surface area contributed by atoms with E-state index in [-0.39, 0.29) is 6.42 Å². The second kappa shape index (κ2) is 12.0. The van der Waals surface area contributed by atoms with Gasteiger partial charge in [-0.05, 0) is 12.8 Å². The Balaban J connectivity index is 3.73. The van der Waals surface area contributed by atoms with E-state index in [9.17, 15) is 31.1 Å². The van der Waals surface area contributed by atoms with E-state index in [2.05, 4.69) is 20.7 Å². The standard InChI is InChI=1S/C15H23BrF6O2/c16-10-8-6-4-2-1-3-5-7-9-12(23)24-11-14(18,19)13(17)15(20,21)22/h13H,1-11H2. The Labute approximate surface area is 146 Å². The zero-order chi connectivity index (χ0) is 18.6. The van der Waals surface area contributed by atoms with Gasteiger partial charge in [0, 0.05) is 11.8 Å². The molecule has 0 aliphatic heterocycles. The first-order valence-electron chi connectivity index (χ1n) is 7.91. The average molecular weight is 429 g/mol. The fraction of sp³-hybridized carbons (Fsp3) is 0.933. The van der Waals surface area contributed by atoms with Gasteiger partial charge in [0.1, 0.15) is 0 Å². The third-order valence-corrected chi connectivity index (χ3v) is 3.91. The van der Waals surface area contributed by atoms with Crippen molar-refractivity contribution in [3.05, 3.63) is 0 Å².